The molecule has 3 unspecified atom stereocenters. The van der Waals surface area contributed by atoms with Crippen LogP contribution in [0.3, 0.4) is 0 Å². The lowest BCUT2D eigenvalue weighted by atomic mass is 9.80. The number of piperidine rings is 1. The summed E-state index contributed by atoms with van der Waals surface area (Å²) in [4.78, 5) is 14.6. The quantitative estimate of drug-likeness (QED) is 0.327. The number of aryl methyl sites for hydroxylation is 1. The van der Waals surface area contributed by atoms with Gasteiger partial charge in [-0.15, -0.1) is 0 Å². The Kier molecular flexibility index (Phi) is 7.17. The molecule has 2 aromatic rings. The monoisotopic (exact) mass is 555 g/mol. The third-order valence-corrected chi connectivity index (χ3v) is 10.0. The van der Waals surface area contributed by atoms with E-state index in [9.17, 15) is 18.0 Å². The zero-order valence-electron chi connectivity index (χ0n) is 23.7. The van der Waals surface area contributed by atoms with Crippen molar-refractivity contribution in [2.45, 2.75) is 94.9 Å². The van der Waals surface area contributed by atoms with Crippen molar-refractivity contribution in [3.05, 3.63) is 64.2 Å². The fourth-order valence-electron chi connectivity index (χ4n) is 7.21. The zero-order valence-corrected chi connectivity index (χ0v) is 23.7. The SMILES string of the molecule is COC(=O)C(C)C(c1ccc2c(c1)OC1(CC2)CCN(C(C)c2cc(C3CC3)ccc2C(F)(F)F)CC1)C1CC1. The number of carbonyl (C=O) groups excluding carboxylic acids is 1. The molecule has 2 saturated carbocycles. The smallest absolute Gasteiger partial charge is 0.416 e. The van der Waals surface area contributed by atoms with Gasteiger partial charge in [0, 0.05) is 19.1 Å². The average Bonchev–Trinajstić information content (AvgIpc) is 3.86. The van der Waals surface area contributed by atoms with Gasteiger partial charge in [0.1, 0.15) is 11.4 Å². The number of rotatable bonds is 7. The van der Waals surface area contributed by atoms with Gasteiger partial charge < -0.3 is 9.47 Å². The molecule has 2 heterocycles. The van der Waals surface area contributed by atoms with E-state index in [-0.39, 0.29) is 29.4 Å². The summed E-state index contributed by atoms with van der Waals surface area (Å²) in [5.74, 6) is 1.55. The summed E-state index contributed by atoms with van der Waals surface area (Å²) in [7, 11) is 1.45. The van der Waals surface area contributed by atoms with Gasteiger partial charge in [0.25, 0.3) is 0 Å². The van der Waals surface area contributed by atoms with Crippen molar-refractivity contribution >= 4 is 5.97 Å². The summed E-state index contributed by atoms with van der Waals surface area (Å²) in [6.45, 7) is 5.28. The average molecular weight is 556 g/mol. The summed E-state index contributed by atoms with van der Waals surface area (Å²) in [5, 5.41) is 0. The molecule has 2 aromatic carbocycles. The molecule has 0 N–H and O–H groups in total. The standard InChI is InChI=1S/C33H40F3NO3/c1-20(31(38)39-3)30(24-7-8-24)26-9-6-23-12-13-32(40-29(23)19-26)14-16-37(17-15-32)21(2)27-18-25(22-4-5-22)10-11-28(27)33(34,35)36/h6,9-11,18-22,24,30H,4-5,7-8,12-17H2,1-3H3. The van der Waals surface area contributed by atoms with Crippen molar-refractivity contribution in [1.29, 1.82) is 0 Å². The van der Waals surface area contributed by atoms with Crippen LogP contribution in [0.2, 0.25) is 0 Å². The molecule has 2 aliphatic carbocycles. The number of alkyl halides is 3. The summed E-state index contributed by atoms with van der Waals surface area (Å²) < 4.78 is 53.7. The third-order valence-electron chi connectivity index (χ3n) is 10.0. The van der Waals surface area contributed by atoms with E-state index < -0.39 is 11.7 Å². The van der Waals surface area contributed by atoms with E-state index in [1.807, 2.05) is 19.9 Å². The Morgan fingerprint density at radius 2 is 1.75 bits per heavy atom. The number of hydrogen-bond acceptors (Lipinski definition) is 4. The fourth-order valence-corrected chi connectivity index (χ4v) is 7.21. The predicted molar refractivity (Wildman–Crippen MR) is 147 cm³/mol. The second-order valence-corrected chi connectivity index (χ2v) is 12.7. The number of nitrogens with zero attached hydrogens (tertiary/aromatic N) is 1. The lowest BCUT2D eigenvalue weighted by Gasteiger charge is -2.46. The predicted octanol–water partition coefficient (Wildman–Crippen LogP) is 7.81. The first-order valence-electron chi connectivity index (χ1n) is 14.9. The van der Waals surface area contributed by atoms with Crippen molar-refractivity contribution in [3.8, 4) is 5.75 Å². The second kappa shape index (κ2) is 10.4. The number of hydrogen-bond donors (Lipinski definition) is 0. The van der Waals surface area contributed by atoms with Crippen molar-refractivity contribution in [2.24, 2.45) is 11.8 Å². The van der Waals surface area contributed by atoms with E-state index in [2.05, 4.69) is 23.1 Å². The Hall–Kier alpha value is -2.54. The normalized spacial score (nSPS) is 23.1. The Bertz CT molecular complexity index is 1260. The summed E-state index contributed by atoms with van der Waals surface area (Å²) in [6.07, 6.45) is 3.43. The first-order valence-corrected chi connectivity index (χ1v) is 14.9. The minimum atomic E-state index is -4.36. The van der Waals surface area contributed by atoms with Gasteiger partial charge in [-0.1, -0.05) is 31.2 Å². The maximum atomic E-state index is 13.9. The van der Waals surface area contributed by atoms with Crippen LogP contribution in [0.5, 0.6) is 5.75 Å². The fraction of sp³-hybridized carbons (Fsp3) is 0.606. The molecular formula is C33H40F3NO3. The highest BCUT2D eigenvalue weighted by Gasteiger charge is 2.44. The van der Waals surface area contributed by atoms with Crippen LogP contribution >= 0.6 is 0 Å². The van der Waals surface area contributed by atoms with E-state index in [1.54, 1.807) is 6.07 Å². The molecule has 0 aromatic heterocycles. The summed E-state index contributed by atoms with van der Waals surface area (Å²) in [5.41, 5.74) is 2.96. The van der Waals surface area contributed by atoms with E-state index >= 15 is 0 Å². The maximum Gasteiger partial charge on any atom is 0.416 e. The Labute approximate surface area is 235 Å². The van der Waals surface area contributed by atoms with Gasteiger partial charge in [-0.3, -0.25) is 9.69 Å². The Morgan fingerprint density at radius 1 is 1.02 bits per heavy atom. The number of ether oxygens (including phenoxy) is 2. The first kappa shape index (κ1) is 27.6. The summed E-state index contributed by atoms with van der Waals surface area (Å²) in [6, 6.07) is 10.9. The Balaban J connectivity index is 1.18. The summed E-state index contributed by atoms with van der Waals surface area (Å²) >= 11 is 0. The number of esters is 1. The highest BCUT2D eigenvalue weighted by atomic mass is 19.4. The molecule has 4 nitrogen and oxygen atoms in total. The van der Waals surface area contributed by atoms with Crippen LogP contribution in [0.15, 0.2) is 36.4 Å². The molecule has 0 radical (unpaired) electrons. The van der Waals surface area contributed by atoms with Gasteiger partial charge in [0.05, 0.1) is 18.6 Å². The minimum absolute atomic E-state index is 0.121. The maximum absolute atomic E-state index is 13.9. The van der Waals surface area contributed by atoms with Gasteiger partial charge >= 0.3 is 12.1 Å². The van der Waals surface area contributed by atoms with E-state index in [0.29, 0.717) is 30.5 Å². The number of carbonyl (C=O) groups is 1. The minimum Gasteiger partial charge on any atom is -0.487 e. The number of fused-ring (bicyclic) bond motifs is 1. The highest BCUT2D eigenvalue weighted by molar-refractivity contribution is 5.73. The molecule has 216 valence electrons. The first-order chi connectivity index (χ1) is 19.1. The molecule has 7 heteroatoms. The van der Waals surface area contributed by atoms with Crippen LogP contribution in [0.4, 0.5) is 13.2 Å². The topological polar surface area (TPSA) is 38.8 Å². The molecular weight excluding hydrogens is 515 g/mol. The van der Waals surface area contributed by atoms with Gasteiger partial charge in [0.2, 0.25) is 0 Å². The van der Waals surface area contributed by atoms with Crippen molar-refractivity contribution in [3.63, 3.8) is 0 Å². The van der Waals surface area contributed by atoms with E-state index in [4.69, 9.17) is 9.47 Å². The van der Waals surface area contributed by atoms with Gasteiger partial charge in [0.15, 0.2) is 0 Å². The van der Waals surface area contributed by atoms with E-state index in [0.717, 1.165) is 68.2 Å². The van der Waals surface area contributed by atoms with Gasteiger partial charge in [-0.2, -0.15) is 13.2 Å². The largest absolute Gasteiger partial charge is 0.487 e. The number of likely N-dealkylation sites (tertiary alicyclic amines) is 1. The highest BCUT2D eigenvalue weighted by Crippen LogP contribution is 2.49. The molecule has 0 bridgehead atoms. The molecule has 40 heavy (non-hydrogen) atoms. The third kappa shape index (κ3) is 5.38. The van der Waals surface area contributed by atoms with Crippen molar-refractivity contribution in [1.82, 2.24) is 4.90 Å². The van der Waals surface area contributed by atoms with Crippen LogP contribution < -0.4 is 4.74 Å². The molecule has 6 rings (SSSR count). The number of methoxy groups -OCH3 is 1. The van der Waals surface area contributed by atoms with Crippen molar-refractivity contribution in [2.75, 3.05) is 20.2 Å². The molecule has 1 saturated heterocycles. The van der Waals surface area contributed by atoms with E-state index in [1.165, 1.54) is 18.7 Å². The van der Waals surface area contributed by atoms with Crippen LogP contribution in [0, 0.1) is 11.8 Å². The number of benzene rings is 2. The lowest BCUT2D eigenvalue weighted by Crippen LogP contribution is -2.50. The zero-order chi connectivity index (χ0) is 28.2. The number of halogens is 3. The van der Waals surface area contributed by atoms with Crippen LogP contribution in [0.25, 0.3) is 0 Å². The molecule has 2 aliphatic heterocycles. The van der Waals surface area contributed by atoms with Gasteiger partial charge in [-0.05, 0) is 110 Å². The molecule has 0 amide bonds. The van der Waals surface area contributed by atoms with Crippen LogP contribution in [-0.2, 0) is 22.1 Å². The van der Waals surface area contributed by atoms with Gasteiger partial charge in [-0.25, -0.2) is 0 Å². The van der Waals surface area contributed by atoms with Crippen molar-refractivity contribution < 1.29 is 27.4 Å². The Morgan fingerprint density at radius 3 is 2.38 bits per heavy atom. The molecule has 4 aliphatic rings. The molecule has 3 fully saturated rings. The molecule has 3 atom stereocenters. The van der Waals surface area contributed by atoms with Crippen LogP contribution in [-0.4, -0.2) is 36.7 Å². The molecule has 1 spiro atoms. The van der Waals surface area contributed by atoms with Crippen LogP contribution in [0.1, 0.15) is 104 Å². The lowest BCUT2D eigenvalue weighted by molar-refractivity contribution is -0.145. The second-order valence-electron chi connectivity index (χ2n) is 12.7.